The number of ether oxygens (including phenoxy) is 1. The van der Waals surface area contributed by atoms with Crippen LogP contribution in [0.4, 0.5) is 0 Å². The maximum absolute atomic E-state index is 9.71. The maximum atomic E-state index is 9.71. The minimum atomic E-state index is -1.19. The fourth-order valence-corrected chi connectivity index (χ4v) is 1.91. The second-order valence-electron chi connectivity index (χ2n) is 5.03. The molecule has 0 bridgehead atoms. The van der Waals surface area contributed by atoms with Crippen molar-refractivity contribution >= 4 is 0 Å². The molecule has 0 saturated heterocycles. The number of benzene rings is 1. The molecule has 5 N–H and O–H groups in total. The second-order valence-corrected chi connectivity index (χ2v) is 5.03. The third kappa shape index (κ3) is 5.60. The lowest BCUT2D eigenvalue weighted by atomic mass is 10.00. The molecule has 2 atom stereocenters. The summed E-state index contributed by atoms with van der Waals surface area (Å²) >= 11 is 0. The Morgan fingerprint density at radius 2 is 1.89 bits per heavy atom. The fraction of sp³-hybridized carbons (Fsp3) is 0.571. The number of rotatable bonds is 7. The molecule has 4 heteroatoms. The van der Waals surface area contributed by atoms with Crippen LogP contribution >= 0.6 is 0 Å². The van der Waals surface area contributed by atoms with E-state index >= 15 is 0 Å². The monoisotopic (exact) mass is 252 g/mol. The van der Waals surface area contributed by atoms with Crippen molar-refractivity contribution in [2.24, 2.45) is 11.5 Å². The number of aliphatic hydroxyl groups is 1. The molecular weight excluding hydrogens is 228 g/mol. The van der Waals surface area contributed by atoms with Crippen LogP contribution in [0.5, 0.6) is 0 Å². The van der Waals surface area contributed by atoms with Crippen molar-refractivity contribution < 1.29 is 9.84 Å². The van der Waals surface area contributed by atoms with Gasteiger partial charge in [-0.1, -0.05) is 30.3 Å². The Morgan fingerprint density at radius 3 is 2.39 bits per heavy atom. The summed E-state index contributed by atoms with van der Waals surface area (Å²) in [4.78, 5) is 0. The van der Waals surface area contributed by atoms with Crippen LogP contribution in [0.15, 0.2) is 30.3 Å². The molecule has 0 radical (unpaired) electrons. The summed E-state index contributed by atoms with van der Waals surface area (Å²) in [6.45, 7) is 3.70. The first kappa shape index (κ1) is 15.1. The first-order valence-electron chi connectivity index (χ1n) is 6.32. The zero-order valence-electron chi connectivity index (χ0n) is 11.2. The van der Waals surface area contributed by atoms with Crippen LogP contribution in [0.25, 0.3) is 0 Å². The lowest BCUT2D eigenvalue weighted by molar-refractivity contribution is -0.210. The lowest BCUT2D eigenvalue weighted by Crippen LogP contribution is -2.44. The van der Waals surface area contributed by atoms with Gasteiger partial charge in [0.05, 0.1) is 6.10 Å². The van der Waals surface area contributed by atoms with Crippen molar-refractivity contribution in [1.29, 1.82) is 0 Å². The van der Waals surface area contributed by atoms with Crippen molar-refractivity contribution in [3.63, 3.8) is 0 Å². The van der Waals surface area contributed by atoms with Gasteiger partial charge in [0, 0.05) is 6.04 Å². The first-order valence-corrected chi connectivity index (χ1v) is 6.32. The summed E-state index contributed by atoms with van der Waals surface area (Å²) < 4.78 is 5.56. The first-order chi connectivity index (χ1) is 8.42. The van der Waals surface area contributed by atoms with Gasteiger partial charge in [-0.3, -0.25) is 0 Å². The number of hydrogen-bond donors (Lipinski definition) is 3. The summed E-state index contributed by atoms with van der Waals surface area (Å²) in [5, 5.41) is 9.71. The van der Waals surface area contributed by atoms with E-state index in [0.717, 1.165) is 5.56 Å². The quantitative estimate of drug-likeness (QED) is 0.633. The van der Waals surface area contributed by atoms with Gasteiger partial charge in [0.2, 0.25) is 0 Å². The van der Waals surface area contributed by atoms with E-state index in [9.17, 15) is 5.11 Å². The van der Waals surface area contributed by atoms with Gasteiger partial charge < -0.3 is 21.3 Å². The van der Waals surface area contributed by atoms with Crippen LogP contribution < -0.4 is 11.5 Å². The summed E-state index contributed by atoms with van der Waals surface area (Å²) in [6.07, 6.45) is 1.11. The average molecular weight is 252 g/mol. The highest BCUT2D eigenvalue weighted by atomic mass is 16.6. The molecule has 1 aromatic rings. The van der Waals surface area contributed by atoms with Crippen molar-refractivity contribution in [1.82, 2.24) is 0 Å². The molecule has 1 aromatic carbocycles. The van der Waals surface area contributed by atoms with Gasteiger partial charge in [-0.05, 0) is 38.8 Å². The van der Waals surface area contributed by atoms with Crippen LogP contribution in [0.3, 0.4) is 0 Å². The minimum Gasteiger partial charge on any atom is -0.366 e. The van der Waals surface area contributed by atoms with E-state index in [-0.39, 0.29) is 12.1 Å². The van der Waals surface area contributed by atoms with Crippen LogP contribution in [-0.4, -0.2) is 29.6 Å². The van der Waals surface area contributed by atoms with Gasteiger partial charge in [-0.15, -0.1) is 0 Å². The third-order valence-electron chi connectivity index (χ3n) is 2.68. The van der Waals surface area contributed by atoms with E-state index in [1.54, 1.807) is 13.8 Å². The molecule has 4 nitrogen and oxygen atoms in total. The van der Waals surface area contributed by atoms with Crippen LogP contribution in [0.2, 0.25) is 0 Å². The molecular formula is C14H24N2O2. The molecule has 0 aliphatic rings. The lowest BCUT2D eigenvalue weighted by Gasteiger charge is -2.30. The molecule has 0 heterocycles. The van der Waals surface area contributed by atoms with Gasteiger partial charge in [-0.25, -0.2) is 0 Å². The highest BCUT2D eigenvalue weighted by Crippen LogP contribution is 2.15. The van der Waals surface area contributed by atoms with Crippen molar-refractivity contribution in [2.75, 3.05) is 6.54 Å². The van der Waals surface area contributed by atoms with Gasteiger partial charge in [0.25, 0.3) is 0 Å². The van der Waals surface area contributed by atoms with Crippen LogP contribution in [0, 0.1) is 0 Å². The Balaban J connectivity index is 2.62. The predicted octanol–water partition coefficient (Wildman–Crippen LogP) is 1.02. The molecule has 0 amide bonds. The third-order valence-corrected chi connectivity index (χ3v) is 2.68. The maximum Gasteiger partial charge on any atom is 0.160 e. The van der Waals surface area contributed by atoms with Gasteiger partial charge >= 0.3 is 0 Å². The normalized spacial score (nSPS) is 15.4. The smallest absolute Gasteiger partial charge is 0.160 e. The molecule has 0 aromatic heterocycles. The summed E-state index contributed by atoms with van der Waals surface area (Å²) in [6, 6.07) is 9.82. The Hall–Kier alpha value is -0.940. The predicted molar refractivity (Wildman–Crippen MR) is 73.0 cm³/mol. The minimum absolute atomic E-state index is 0.178. The van der Waals surface area contributed by atoms with Crippen LogP contribution in [0.1, 0.15) is 25.8 Å². The molecule has 0 aliphatic heterocycles. The molecule has 1 rings (SSSR count). The summed E-state index contributed by atoms with van der Waals surface area (Å²) in [5.41, 5.74) is 12.9. The number of hydrogen-bond acceptors (Lipinski definition) is 4. The van der Waals surface area contributed by atoms with E-state index < -0.39 is 5.79 Å². The van der Waals surface area contributed by atoms with E-state index in [1.165, 1.54) is 0 Å². The zero-order valence-corrected chi connectivity index (χ0v) is 11.2. The van der Waals surface area contributed by atoms with Gasteiger partial charge in [0.1, 0.15) is 0 Å². The molecule has 2 unspecified atom stereocenters. The summed E-state index contributed by atoms with van der Waals surface area (Å²) in [5.74, 6) is -1.19. The fourth-order valence-electron chi connectivity index (χ4n) is 1.91. The molecule has 0 aliphatic carbocycles. The van der Waals surface area contributed by atoms with Gasteiger partial charge in [-0.2, -0.15) is 0 Å². The van der Waals surface area contributed by atoms with Crippen LogP contribution in [-0.2, 0) is 11.2 Å². The largest absolute Gasteiger partial charge is 0.366 e. The highest BCUT2D eigenvalue weighted by Gasteiger charge is 2.25. The van der Waals surface area contributed by atoms with E-state index in [4.69, 9.17) is 16.2 Å². The van der Waals surface area contributed by atoms with Crippen molar-refractivity contribution in [3.8, 4) is 0 Å². The standard InChI is InChI=1S/C14H24N2O2/c1-14(2,17)18-13(8-9-15)12(16)10-11-6-4-3-5-7-11/h3-7,12-13,17H,8-10,15-16H2,1-2H3. The van der Waals surface area contributed by atoms with Crippen molar-refractivity contribution in [2.45, 2.75) is 44.6 Å². The highest BCUT2D eigenvalue weighted by molar-refractivity contribution is 5.16. The Morgan fingerprint density at radius 1 is 1.28 bits per heavy atom. The molecule has 0 spiro atoms. The Labute approximate surface area is 109 Å². The number of nitrogens with two attached hydrogens (primary N) is 2. The van der Waals surface area contributed by atoms with Crippen molar-refractivity contribution in [3.05, 3.63) is 35.9 Å². The second kappa shape index (κ2) is 6.85. The zero-order chi connectivity index (χ0) is 13.6. The molecule has 0 saturated carbocycles. The van der Waals surface area contributed by atoms with E-state index in [1.807, 2.05) is 30.3 Å². The van der Waals surface area contributed by atoms with E-state index in [0.29, 0.717) is 19.4 Å². The molecule has 102 valence electrons. The average Bonchev–Trinajstić information content (AvgIpc) is 2.28. The van der Waals surface area contributed by atoms with E-state index in [2.05, 4.69) is 0 Å². The summed E-state index contributed by atoms with van der Waals surface area (Å²) in [7, 11) is 0. The van der Waals surface area contributed by atoms with Gasteiger partial charge in [0.15, 0.2) is 5.79 Å². The topological polar surface area (TPSA) is 81.5 Å². The molecule has 0 fully saturated rings. The SMILES string of the molecule is CC(C)(O)OC(CCN)C(N)Cc1ccccc1. The Bertz CT molecular complexity index is 335. The Kier molecular flexibility index (Phi) is 5.75. The molecule has 18 heavy (non-hydrogen) atoms.